The number of carbonyl (C=O) groups excluding carboxylic acids is 2. The fraction of sp³-hybridized carbons (Fsp3) is 0.440. The number of carbonyl (C=O) groups is 2. The molecule has 5 rings (SSSR count). The molecule has 3 aliphatic rings. The SMILES string of the molecule is O=C(C[C@@H]1CC[C@H](NC(=O)c2ccc3c(c2)OCO3)[C@H](CO)O1)NC1Cc2ccccc2C1. The topological polar surface area (TPSA) is 106 Å². The Bertz CT molecular complexity index is 1020. The van der Waals surface area contributed by atoms with Gasteiger partial charge in [0.15, 0.2) is 11.5 Å². The van der Waals surface area contributed by atoms with Crippen LogP contribution in [0.5, 0.6) is 11.5 Å². The highest BCUT2D eigenvalue weighted by atomic mass is 16.7. The molecule has 1 saturated heterocycles. The molecule has 2 aromatic rings. The van der Waals surface area contributed by atoms with Crippen LogP contribution in [0.2, 0.25) is 0 Å². The summed E-state index contributed by atoms with van der Waals surface area (Å²) in [6, 6.07) is 13.1. The Labute approximate surface area is 192 Å². The second kappa shape index (κ2) is 9.41. The summed E-state index contributed by atoms with van der Waals surface area (Å²) in [5, 5.41) is 15.9. The first kappa shape index (κ1) is 21.7. The lowest BCUT2D eigenvalue weighted by molar-refractivity contribution is -0.131. The second-order valence-electron chi connectivity index (χ2n) is 8.85. The first-order chi connectivity index (χ1) is 16.1. The molecular formula is C25H28N2O6. The van der Waals surface area contributed by atoms with Crippen LogP contribution in [0.3, 0.4) is 0 Å². The number of benzene rings is 2. The summed E-state index contributed by atoms with van der Waals surface area (Å²) in [5.74, 6) is 0.843. The zero-order chi connectivity index (χ0) is 22.8. The first-order valence-corrected chi connectivity index (χ1v) is 11.4. The third kappa shape index (κ3) is 4.82. The van der Waals surface area contributed by atoms with Gasteiger partial charge in [-0.05, 0) is 55.0 Å². The van der Waals surface area contributed by atoms with Gasteiger partial charge in [0, 0.05) is 11.6 Å². The van der Waals surface area contributed by atoms with Crippen molar-refractivity contribution in [2.75, 3.05) is 13.4 Å². The van der Waals surface area contributed by atoms with Crippen molar-refractivity contribution in [2.45, 2.75) is 56.4 Å². The molecule has 0 radical (unpaired) electrons. The molecule has 3 N–H and O–H groups in total. The van der Waals surface area contributed by atoms with Gasteiger partial charge >= 0.3 is 0 Å². The molecule has 174 valence electrons. The number of aliphatic hydroxyl groups is 1. The number of aliphatic hydroxyl groups excluding tert-OH is 1. The monoisotopic (exact) mass is 452 g/mol. The molecule has 8 nitrogen and oxygen atoms in total. The van der Waals surface area contributed by atoms with Crippen molar-refractivity contribution < 1.29 is 28.9 Å². The number of nitrogens with one attached hydrogen (secondary N) is 2. The summed E-state index contributed by atoms with van der Waals surface area (Å²) >= 11 is 0. The van der Waals surface area contributed by atoms with E-state index in [9.17, 15) is 14.7 Å². The average Bonchev–Trinajstić information content (AvgIpc) is 3.45. The van der Waals surface area contributed by atoms with Crippen molar-refractivity contribution in [1.82, 2.24) is 10.6 Å². The van der Waals surface area contributed by atoms with Gasteiger partial charge in [-0.25, -0.2) is 0 Å². The molecule has 0 saturated carbocycles. The molecule has 2 aromatic carbocycles. The van der Waals surface area contributed by atoms with Gasteiger partial charge in [0.05, 0.1) is 25.2 Å². The maximum Gasteiger partial charge on any atom is 0.251 e. The second-order valence-corrected chi connectivity index (χ2v) is 8.85. The minimum Gasteiger partial charge on any atom is -0.454 e. The predicted octanol–water partition coefficient (Wildman–Crippen LogP) is 1.73. The van der Waals surface area contributed by atoms with E-state index in [0.717, 1.165) is 12.8 Å². The molecular weight excluding hydrogens is 424 g/mol. The molecule has 2 heterocycles. The van der Waals surface area contributed by atoms with Gasteiger partial charge in [0.25, 0.3) is 5.91 Å². The Morgan fingerprint density at radius 2 is 1.73 bits per heavy atom. The minimum absolute atomic E-state index is 0.0441. The van der Waals surface area contributed by atoms with Gasteiger partial charge in [-0.2, -0.15) is 0 Å². The van der Waals surface area contributed by atoms with Gasteiger partial charge in [0.2, 0.25) is 12.7 Å². The van der Waals surface area contributed by atoms with Crippen LogP contribution < -0.4 is 20.1 Å². The third-order valence-corrected chi connectivity index (χ3v) is 6.58. The van der Waals surface area contributed by atoms with Crippen LogP contribution in [-0.2, 0) is 22.4 Å². The number of amides is 2. The first-order valence-electron chi connectivity index (χ1n) is 11.4. The van der Waals surface area contributed by atoms with Crippen LogP contribution in [0.15, 0.2) is 42.5 Å². The van der Waals surface area contributed by atoms with E-state index in [1.54, 1.807) is 18.2 Å². The lowest BCUT2D eigenvalue weighted by atomic mass is 9.96. The van der Waals surface area contributed by atoms with E-state index in [-0.39, 0.29) is 49.8 Å². The highest BCUT2D eigenvalue weighted by Gasteiger charge is 2.34. The fourth-order valence-electron chi connectivity index (χ4n) is 4.89. The van der Waals surface area contributed by atoms with Crippen molar-refractivity contribution in [3.05, 3.63) is 59.2 Å². The quantitative estimate of drug-likeness (QED) is 0.617. The van der Waals surface area contributed by atoms with Crippen LogP contribution in [-0.4, -0.2) is 54.6 Å². The highest BCUT2D eigenvalue weighted by molar-refractivity contribution is 5.95. The molecule has 33 heavy (non-hydrogen) atoms. The number of ether oxygens (including phenoxy) is 3. The summed E-state index contributed by atoms with van der Waals surface area (Å²) in [6.45, 7) is -0.0890. The van der Waals surface area contributed by atoms with E-state index in [2.05, 4.69) is 22.8 Å². The van der Waals surface area contributed by atoms with Crippen LogP contribution in [0.1, 0.15) is 40.7 Å². The van der Waals surface area contributed by atoms with E-state index < -0.39 is 6.10 Å². The Balaban J connectivity index is 1.12. The van der Waals surface area contributed by atoms with Crippen LogP contribution in [0.4, 0.5) is 0 Å². The van der Waals surface area contributed by atoms with Crippen molar-refractivity contribution in [1.29, 1.82) is 0 Å². The molecule has 0 unspecified atom stereocenters. The predicted molar refractivity (Wildman–Crippen MR) is 119 cm³/mol. The minimum atomic E-state index is -0.565. The average molecular weight is 453 g/mol. The Hall–Kier alpha value is -3.10. The van der Waals surface area contributed by atoms with Gasteiger partial charge in [-0.15, -0.1) is 0 Å². The van der Waals surface area contributed by atoms with Crippen molar-refractivity contribution >= 4 is 11.8 Å². The summed E-state index contributed by atoms with van der Waals surface area (Å²) in [4.78, 5) is 25.3. The standard InChI is InChI=1S/C25H28N2O6/c28-13-23-20(27-25(30)17-5-8-21-22(11-17)32-14-31-21)7-6-19(33-23)12-24(29)26-18-9-15-3-1-2-4-16(15)10-18/h1-5,8,11,18-20,23,28H,6-7,9-10,12-14H2,(H,26,29)(H,27,30)/t19-,20-,23-/m0/s1. The summed E-state index contributed by atoms with van der Waals surface area (Å²) in [5.41, 5.74) is 3.03. The number of hydrogen-bond acceptors (Lipinski definition) is 6. The van der Waals surface area contributed by atoms with Crippen LogP contribution in [0.25, 0.3) is 0 Å². The molecule has 8 heteroatoms. The van der Waals surface area contributed by atoms with Crippen molar-refractivity contribution in [3.63, 3.8) is 0 Å². The largest absolute Gasteiger partial charge is 0.454 e. The van der Waals surface area contributed by atoms with Crippen LogP contribution in [0, 0.1) is 0 Å². The van der Waals surface area contributed by atoms with E-state index in [0.29, 0.717) is 29.9 Å². The van der Waals surface area contributed by atoms with E-state index >= 15 is 0 Å². The summed E-state index contributed by atoms with van der Waals surface area (Å²) in [7, 11) is 0. The molecule has 2 amide bonds. The third-order valence-electron chi connectivity index (χ3n) is 6.58. The Morgan fingerprint density at radius 1 is 0.970 bits per heavy atom. The molecule has 0 aromatic heterocycles. The smallest absolute Gasteiger partial charge is 0.251 e. The maximum atomic E-state index is 12.7. The molecule has 1 aliphatic carbocycles. The van der Waals surface area contributed by atoms with Gasteiger partial charge in [0.1, 0.15) is 6.10 Å². The normalized spacial score (nSPS) is 23.7. The van der Waals surface area contributed by atoms with Crippen molar-refractivity contribution in [2.24, 2.45) is 0 Å². The zero-order valence-corrected chi connectivity index (χ0v) is 18.3. The lowest BCUT2D eigenvalue weighted by Gasteiger charge is -2.36. The summed E-state index contributed by atoms with van der Waals surface area (Å²) in [6.07, 6.45) is 2.33. The molecule has 2 aliphatic heterocycles. The van der Waals surface area contributed by atoms with E-state index in [4.69, 9.17) is 14.2 Å². The Kier molecular flexibility index (Phi) is 6.20. The lowest BCUT2D eigenvalue weighted by Crippen LogP contribution is -2.51. The number of rotatable bonds is 6. The van der Waals surface area contributed by atoms with Gasteiger partial charge < -0.3 is 30.0 Å². The van der Waals surface area contributed by atoms with Crippen LogP contribution >= 0.6 is 0 Å². The van der Waals surface area contributed by atoms with Gasteiger partial charge in [-0.3, -0.25) is 9.59 Å². The number of fused-ring (bicyclic) bond motifs is 2. The van der Waals surface area contributed by atoms with Crippen molar-refractivity contribution in [3.8, 4) is 11.5 Å². The molecule has 1 fully saturated rings. The summed E-state index contributed by atoms with van der Waals surface area (Å²) < 4.78 is 16.6. The highest BCUT2D eigenvalue weighted by Crippen LogP contribution is 2.32. The molecule has 3 atom stereocenters. The fourth-order valence-corrected chi connectivity index (χ4v) is 4.89. The van der Waals surface area contributed by atoms with E-state index in [1.807, 2.05) is 12.1 Å². The maximum absolute atomic E-state index is 12.7. The zero-order valence-electron chi connectivity index (χ0n) is 18.3. The number of hydrogen-bond donors (Lipinski definition) is 3. The molecule has 0 spiro atoms. The van der Waals surface area contributed by atoms with Gasteiger partial charge in [-0.1, -0.05) is 24.3 Å². The molecule has 0 bridgehead atoms. The Morgan fingerprint density at radius 3 is 2.48 bits per heavy atom. The van der Waals surface area contributed by atoms with E-state index in [1.165, 1.54) is 11.1 Å².